The summed E-state index contributed by atoms with van der Waals surface area (Å²) in [7, 11) is 0. The molecule has 1 saturated heterocycles. The number of anilines is 2. The summed E-state index contributed by atoms with van der Waals surface area (Å²) in [6.45, 7) is 4.65. The molecule has 16 heavy (non-hydrogen) atoms. The van der Waals surface area contributed by atoms with Gasteiger partial charge in [0.1, 0.15) is 6.33 Å². The zero-order valence-electron chi connectivity index (χ0n) is 9.59. The van der Waals surface area contributed by atoms with Gasteiger partial charge in [0.05, 0.1) is 18.0 Å². The maximum Gasteiger partial charge on any atom is 0.155 e. The summed E-state index contributed by atoms with van der Waals surface area (Å²) in [5.41, 5.74) is 6.50. The van der Waals surface area contributed by atoms with Crippen LogP contribution in [-0.2, 0) is 4.74 Å². The van der Waals surface area contributed by atoms with E-state index in [0.717, 1.165) is 38.4 Å². The lowest BCUT2D eigenvalue weighted by molar-refractivity contribution is 0.0525. The molecule has 1 unspecified atom stereocenters. The highest BCUT2D eigenvalue weighted by Gasteiger charge is 2.22. The topological polar surface area (TPSA) is 64.3 Å². The summed E-state index contributed by atoms with van der Waals surface area (Å²) in [6.07, 6.45) is 5.72. The zero-order valence-corrected chi connectivity index (χ0v) is 9.59. The molecule has 1 fully saturated rings. The molecule has 2 heterocycles. The van der Waals surface area contributed by atoms with E-state index < -0.39 is 0 Å². The van der Waals surface area contributed by atoms with E-state index in [-0.39, 0.29) is 0 Å². The number of piperidine rings is 1. The zero-order chi connectivity index (χ0) is 11.4. The van der Waals surface area contributed by atoms with E-state index in [4.69, 9.17) is 10.5 Å². The molecule has 0 saturated carbocycles. The van der Waals surface area contributed by atoms with Crippen molar-refractivity contribution in [2.45, 2.75) is 25.9 Å². The van der Waals surface area contributed by atoms with Crippen LogP contribution in [-0.4, -0.2) is 35.8 Å². The molecule has 5 heteroatoms. The lowest BCUT2D eigenvalue weighted by Gasteiger charge is -2.33. The van der Waals surface area contributed by atoms with Gasteiger partial charge in [0, 0.05) is 19.7 Å². The molecular formula is C11H18N4O. The molecule has 0 aromatic carbocycles. The average Bonchev–Trinajstić information content (AvgIpc) is 2.30. The molecule has 0 spiro atoms. The van der Waals surface area contributed by atoms with Gasteiger partial charge in [-0.15, -0.1) is 0 Å². The number of hydrogen-bond acceptors (Lipinski definition) is 5. The number of nitrogens with zero attached hydrogens (tertiary/aromatic N) is 3. The second kappa shape index (κ2) is 5.12. The second-order valence-corrected chi connectivity index (χ2v) is 3.97. The molecule has 0 bridgehead atoms. The van der Waals surface area contributed by atoms with Gasteiger partial charge < -0.3 is 15.4 Å². The SMILES string of the molecule is CCOC1CCCN(c2ncncc2N)C1. The van der Waals surface area contributed by atoms with Crippen molar-refractivity contribution >= 4 is 11.5 Å². The number of hydrogen-bond donors (Lipinski definition) is 1. The van der Waals surface area contributed by atoms with Crippen molar-refractivity contribution in [3.05, 3.63) is 12.5 Å². The highest BCUT2D eigenvalue weighted by molar-refractivity contribution is 5.61. The van der Waals surface area contributed by atoms with Crippen LogP contribution in [0.1, 0.15) is 19.8 Å². The van der Waals surface area contributed by atoms with Gasteiger partial charge in [-0.05, 0) is 19.8 Å². The first-order valence-corrected chi connectivity index (χ1v) is 5.73. The standard InChI is InChI=1S/C11H18N4O/c1-2-16-9-4-3-5-15(7-9)11-10(12)6-13-8-14-11/h6,8-9H,2-5,7,12H2,1H3. The second-order valence-electron chi connectivity index (χ2n) is 3.97. The van der Waals surface area contributed by atoms with Crippen LogP contribution >= 0.6 is 0 Å². The van der Waals surface area contributed by atoms with E-state index in [1.54, 1.807) is 6.20 Å². The third-order valence-corrected chi connectivity index (χ3v) is 2.80. The fourth-order valence-electron chi connectivity index (χ4n) is 2.10. The fraction of sp³-hybridized carbons (Fsp3) is 0.636. The van der Waals surface area contributed by atoms with Crippen molar-refractivity contribution in [2.24, 2.45) is 0 Å². The number of aromatic nitrogens is 2. The van der Waals surface area contributed by atoms with Crippen molar-refractivity contribution < 1.29 is 4.74 Å². The molecule has 5 nitrogen and oxygen atoms in total. The van der Waals surface area contributed by atoms with Gasteiger partial charge in [0.25, 0.3) is 0 Å². The molecule has 1 aliphatic rings. The molecule has 0 amide bonds. The van der Waals surface area contributed by atoms with Crippen LogP contribution in [0, 0.1) is 0 Å². The summed E-state index contributed by atoms with van der Waals surface area (Å²) < 4.78 is 5.65. The predicted octanol–water partition coefficient (Wildman–Crippen LogP) is 1.06. The lowest BCUT2D eigenvalue weighted by atomic mass is 10.1. The van der Waals surface area contributed by atoms with E-state index in [2.05, 4.69) is 14.9 Å². The summed E-state index contributed by atoms with van der Waals surface area (Å²) in [5, 5.41) is 0. The Balaban J connectivity index is 2.07. The maximum atomic E-state index is 5.86. The van der Waals surface area contributed by atoms with Crippen molar-refractivity contribution in [1.82, 2.24) is 9.97 Å². The van der Waals surface area contributed by atoms with E-state index >= 15 is 0 Å². The molecule has 1 aromatic rings. The molecule has 0 radical (unpaired) electrons. The Labute approximate surface area is 95.6 Å². The molecule has 88 valence electrons. The van der Waals surface area contributed by atoms with Crippen LogP contribution in [0.3, 0.4) is 0 Å². The first-order chi connectivity index (χ1) is 7.81. The van der Waals surface area contributed by atoms with E-state index in [0.29, 0.717) is 11.8 Å². The third kappa shape index (κ3) is 2.41. The van der Waals surface area contributed by atoms with Crippen molar-refractivity contribution in [1.29, 1.82) is 0 Å². The Morgan fingerprint density at radius 1 is 1.62 bits per heavy atom. The largest absolute Gasteiger partial charge is 0.394 e. The van der Waals surface area contributed by atoms with Crippen molar-refractivity contribution in [2.75, 3.05) is 30.3 Å². The van der Waals surface area contributed by atoms with Gasteiger partial charge in [-0.2, -0.15) is 0 Å². The maximum absolute atomic E-state index is 5.86. The van der Waals surface area contributed by atoms with Crippen molar-refractivity contribution in [3.8, 4) is 0 Å². The van der Waals surface area contributed by atoms with Crippen LogP contribution in [0.2, 0.25) is 0 Å². The normalized spacial score (nSPS) is 21.1. The minimum absolute atomic E-state index is 0.299. The Morgan fingerprint density at radius 3 is 3.25 bits per heavy atom. The van der Waals surface area contributed by atoms with E-state index in [1.807, 2.05) is 6.92 Å². The Morgan fingerprint density at radius 2 is 2.50 bits per heavy atom. The molecule has 1 aliphatic heterocycles. The van der Waals surface area contributed by atoms with Crippen LogP contribution < -0.4 is 10.6 Å². The van der Waals surface area contributed by atoms with Crippen LogP contribution in [0.15, 0.2) is 12.5 Å². The molecule has 2 N–H and O–H groups in total. The third-order valence-electron chi connectivity index (χ3n) is 2.80. The van der Waals surface area contributed by atoms with Gasteiger partial charge in [0.2, 0.25) is 0 Å². The Kier molecular flexibility index (Phi) is 3.56. The molecule has 2 rings (SSSR count). The molecular weight excluding hydrogens is 204 g/mol. The fourth-order valence-corrected chi connectivity index (χ4v) is 2.10. The summed E-state index contributed by atoms with van der Waals surface area (Å²) in [5.74, 6) is 0.833. The Bertz CT molecular complexity index is 343. The van der Waals surface area contributed by atoms with Crippen molar-refractivity contribution in [3.63, 3.8) is 0 Å². The molecule has 0 aliphatic carbocycles. The van der Waals surface area contributed by atoms with Crippen LogP contribution in [0.5, 0.6) is 0 Å². The van der Waals surface area contributed by atoms with Gasteiger partial charge >= 0.3 is 0 Å². The smallest absolute Gasteiger partial charge is 0.155 e. The molecule has 1 aromatic heterocycles. The van der Waals surface area contributed by atoms with Gasteiger partial charge in [0.15, 0.2) is 5.82 Å². The summed E-state index contributed by atoms with van der Waals surface area (Å²) in [6, 6.07) is 0. The lowest BCUT2D eigenvalue weighted by Crippen LogP contribution is -2.40. The predicted molar refractivity (Wildman–Crippen MR) is 63.3 cm³/mol. The number of rotatable bonds is 3. The van der Waals surface area contributed by atoms with Gasteiger partial charge in [-0.25, -0.2) is 9.97 Å². The van der Waals surface area contributed by atoms with Crippen LogP contribution in [0.25, 0.3) is 0 Å². The van der Waals surface area contributed by atoms with Gasteiger partial charge in [-0.3, -0.25) is 0 Å². The monoisotopic (exact) mass is 222 g/mol. The van der Waals surface area contributed by atoms with E-state index in [9.17, 15) is 0 Å². The quantitative estimate of drug-likeness (QED) is 0.828. The average molecular weight is 222 g/mol. The highest BCUT2D eigenvalue weighted by Crippen LogP contribution is 2.23. The summed E-state index contributed by atoms with van der Waals surface area (Å²) in [4.78, 5) is 10.3. The first-order valence-electron chi connectivity index (χ1n) is 5.73. The van der Waals surface area contributed by atoms with Crippen LogP contribution in [0.4, 0.5) is 11.5 Å². The molecule has 1 atom stereocenters. The number of nitrogen functional groups attached to an aromatic ring is 1. The number of nitrogens with two attached hydrogens (primary N) is 1. The minimum atomic E-state index is 0.299. The first kappa shape index (κ1) is 11.1. The highest BCUT2D eigenvalue weighted by atomic mass is 16.5. The minimum Gasteiger partial charge on any atom is -0.394 e. The summed E-state index contributed by atoms with van der Waals surface area (Å²) >= 11 is 0. The number of ether oxygens (including phenoxy) is 1. The van der Waals surface area contributed by atoms with Gasteiger partial charge in [-0.1, -0.05) is 0 Å². The Hall–Kier alpha value is -1.36. The van der Waals surface area contributed by atoms with E-state index in [1.165, 1.54) is 6.33 Å².